The molecule has 1 atom stereocenters. The van der Waals surface area contributed by atoms with Gasteiger partial charge in [-0.1, -0.05) is 18.2 Å². The molecule has 2 aromatic rings. The van der Waals surface area contributed by atoms with Gasteiger partial charge in [0.15, 0.2) is 6.10 Å². The number of amides is 2. The van der Waals surface area contributed by atoms with Crippen LogP contribution in [0, 0.1) is 0 Å². The van der Waals surface area contributed by atoms with Gasteiger partial charge in [-0.25, -0.2) is 8.42 Å². The third kappa shape index (κ3) is 4.43. The topological polar surface area (TPSA) is 126 Å². The maximum Gasteiger partial charge on any atom is 0.266 e. The monoisotopic (exact) mass is 428 g/mol. The number of ether oxygens (including phenoxy) is 1. The van der Waals surface area contributed by atoms with E-state index in [9.17, 15) is 18.0 Å². The third-order valence-corrected chi connectivity index (χ3v) is 6.01. The first-order valence-electron chi connectivity index (χ1n) is 9.43. The number of hydrogen-bond acceptors (Lipinski definition) is 6. The molecule has 0 aliphatic carbocycles. The number of nitrogens with zero attached hydrogens (tertiary/aromatic N) is 1. The van der Waals surface area contributed by atoms with Gasteiger partial charge in [0.25, 0.3) is 15.9 Å². The van der Waals surface area contributed by atoms with Crippen LogP contribution in [0.1, 0.15) is 19.3 Å². The molecule has 0 spiro atoms. The summed E-state index contributed by atoms with van der Waals surface area (Å²) in [6, 6.07) is 12.8. The SMILES string of the molecule is O=C(C[C@H]1Oc2ccccc2NC1=O)Nc1cccc(S(=O)(=O)NC2=NCCC2)c1. The van der Waals surface area contributed by atoms with Crippen LogP contribution in [0.2, 0.25) is 0 Å². The molecule has 30 heavy (non-hydrogen) atoms. The summed E-state index contributed by atoms with van der Waals surface area (Å²) in [6.45, 7) is 0.606. The highest BCUT2D eigenvalue weighted by molar-refractivity contribution is 7.90. The molecule has 156 valence electrons. The van der Waals surface area contributed by atoms with E-state index in [1.807, 2.05) is 0 Å². The van der Waals surface area contributed by atoms with Gasteiger partial charge in [0.05, 0.1) is 17.0 Å². The minimum Gasteiger partial charge on any atom is -0.478 e. The van der Waals surface area contributed by atoms with Crippen LogP contribution in [0.4, 0.5) is 11.4 Å². The Morgan fingerprint density at radius 1 is 1.20 bits per heavy atom. The second-order valence-electron chi connectivity index (χ2n) is 6.91. The average molecular weight is 428 g/mol. The van der Waals surface area contributed by atoms with E-state index in [2.05, 4.69) is 20.3 Å². The lowest BCUT2D eigenvalue weighted by Crippen LogP contribution is -2.39. The number of rotatable bonds is 5. The highest BCUT2D eigenvalue weighted by atomic mass is 32.2. The molecule has 2 amide bonds. The first-order valence-corrected chi connectivity index (χ1v) is 10.9. The predicted octanol–water partition coefficient (Wildman–Crippen LogP) is 1.89. The molecule has 2 heterocycles. The van der Waals surface area contributed by atoms with Crippen molar-refractivity contribution in [2.24, 2.45) is 4.99 Å². The lowest BCUT2D eigenvalue weighted by atomic mass is 10.1. The second kappa shape index (κ2) is 8.15. The Bertz CT molecular complexity index is 1130. The number of benzene rings is 2. The number of carbonyl (C=O) groups excluding carboxylic acids is 2. The van der Waals surface area contributed by atoms with Crippen LogP contribution < -0.4 is 20.1 Å². The van der Waals surface area contributed by atoms with Crippen molar-refractivity contribution in [3.05, 3.63) is 48.5 Å². The Kier molecular flexibility index (Phi) is 5.40. The van der Waals surface area contributed by atoms with Gasteiger partial charge in [-0.3, -0.25) is 19.3 Å². The molecule has 0 saturated carbocycles. The van der Waals surface area contributed by atoms with Gasteiger partial charge in [0.2, 0.25) is 5.91 Å². The molecule has 0 unspecified atom stereocenters. The van der Waals surface area contributed by atoms with Crippen LogP contribution in [-0.4, -0.2) is 38.7 Å². The number of aliphatic imine (C=N–C) groups is 1. The fourth-order valence-corrected chi connectivity index (χ4v) is 4.32. The summed E-state index contributed by atoms with van der Waals surface area (Å²) in [5.41, 5.74) is 0.851. The van der Waals surface area contributed by atoms with E-state index in [0.717, 1.165) is 6.42 Å². The van der Waals surface area contributed by atoms with E-state index in [4.69, 9.17) is 4.74 Å². The van der Waals surface area contributed by atoms with Crippen LogP contribution in [0.3, 0.4) is 0 Å². The van der Waals surface area contributed by atoms with E-state index >= 15 is 0 Å². The number of anilines is 2. The van der Waals surface area contributed by atoms with Crippen molar-refractivity contribution >= 4 is 39.0 Å². The van der Waals surface area contributed by atoms with Gasteiger partial charge < -0.3 is 15.4 Å². The summed E-state index contributed by atoms with van der Waals surface area (Å²) in [5, 5.41) is 5.32. The van der Waals surface area contributed by atoms with Gasteiger partial charge in [-0.2, -0.15) is 0 Å². The summed E-state index contributed by atoms with van der Waals surface area (Å²) < 4.78 is 33.1. The van der Waals surface area contributed by atoms with Gasteiger partial charge in [-0.15, -0.1) is 0 Å². The maximum absolute atomic E-state index is 12.5. The lowest BCUT2D eigenvalue weighted by Gasteiger charge is -2.25. The van der Waals surface area contributed by atoms with Crippen molar-refractivity contribution in [2.45, 2.75) is 30.3 Å². The zero-order valence-electron chi connectivity index (χ0n) is 15.9. The van der Waals surface area contributed by atoms with Gasteiger partial charge in [-0.05, 0) is 36.8 Å². The number of fused-ring (bicyclic) bond motifs is 1. The largest absolute Gasteiger partial charge is 0.478 e. The molecule has 10 heteroatoms. The molecule has 0 bridgehead atoms. The van der Waals surface area contributed by atoms with E-state index < -0.39 is 27.9 Å². The Balaban J connectivity index is 1.41. The average Bonchev–Trinajstić information content (AvgIpc) is 3.21. The highest BCUT2D eigenvalue weighted by Gasteiger charge is 2.29. The molecule has 0 radical (unpaired) electrons. The third-order valence-electron chi connectivity index (χ3n) is 4.63. The fourth-order valence-electron chi connectivity index (χ4n) is 3.19. The normalized spacial score (nSPS) is 17.9. The summed E-state index contributed by atoms with van der Waals surface area (Å²) >= 11 is 0. The zero-order valence-corrected chi connectivity index (χ0v) is 16.7. The van der Waals surface area contributed by atoms with Crippen LogP contribution in [0.5, 0.6) is 5.75 Å². The van der Waals surface area contributed by atoms with Crippen molar-refractivity contribution in [2.75, 3.05) is 17.2 Å². The zero-order chi connectivity index (χ0) is 21.1. The number of para-hydroxylation sites is 2. The molecule has 4 rings (SSSR count). The Morgan fingerprint density at radius 3 is 2.83 bits per heavy atom. The van der Waals surface area contributed by atoms with Gasteiger partial charge >= 0.3 is 0 Å². The fraction of sp³-hybridized carbons (Fsp3) is 0.250. The second-order valence-corrected chi connectivity index (χ2v) is 8.59. The summed E-state index contributed by atoms with van der Waals surface area (Å²) in [6.07, 6.45) is 0.206. The molecule has 2 aliphatic heterocycles. The molecule has 3 N–H and O–H groups in total. The van der Waals surface area contributed by atoms with Gasteiger partial charge in [0, 0.05) is 18.7 Å². The quantitative estimate of drug-likeness (QED) is 0.670. The Hall–Kier alpha value is -3.40. The van der Waals surface area contributed by atoms with Crippen molar-refractivity contribution < 1.29 is 22.7 Å². The van der Waals surface area contributed by atoms with E-state index in [1.54, 1.807) is 30.3 Å². The van der Waals surface area contributed by atoms with Crippen LogP contribution >= 0.6 is 0 Å². The van der Waals surface area contributed by atoms with Crippen LogP contribution in [0.25, 0.3) is 0 Å². The Labute approximate surface area is 173 Å². The van der Waals surface area contributed by atoms with Crippen LogP contribution in [-0.2, 0) is 19.6 Å². The van der Waals surface area contributed by atoms with Gasteiger partial charge in [0.1, 0.15) is 11.6 Å². The molecule has 2 aliphatic rings. The number of nitrogens with one attached hydrogen (secondary N) is 3. The molecule has 0 fully saturated rings. The van der Waals surface area contributed by atoms with E-state index in [1.165, 1.54) is 18.2 Å². The van der Waals surface area contributed by atoms with Crippen molar-refractivity contribution in [1.29, 1.82) is 0 Å². The summed E-state index contributed by atoms with van der Waals surface area (Å²) in [4.78, 5) is 28.7. The summed E-state index contributed by atoms with van der Waals surface area (Å²) in [7, 11) is -3.79. The molecule has 2 aromatic carbocycles. The standard InChI is InChI=1S/C20H20N4O5S/c25-19(12-17-20(26)23-15-7-1-2-8-16(15)29-17)22-13-5-3-6-14(11-13)30(27,28)24-18-9-4-10-21-18/h1-3,5-8,11,17H,4,9-10,12H2,(H,21,24)(H,22,25)(H,23,26)/t17-/m1/s1. The number of hydrogen-bond donors (Lipinski definition) is 3. The lowest BCUT2D eigenvalue weighted by molar-refractivity contribution is -0.128. The molecule has 9 nitrogen and oxygen atoms in total. The highest BCUT2D eigenvalue weighted by Crippen LogP contribution is 2.29. The van der Waals surface area contributed by atoms with Crippen molar-refractivity contribution in [3.63, 3.8) is 0 Å². The summed E-state index contributed by atoms with van der Waals surface area (Å²) in [5.74, 6) is 0.0352. The number of sulfonamides is 1. The number of amidine groups is 1. The molecular formula is C20H20N4O5S. The maximum atomic E-state index is 12.5. The molecule has 0 aromatic heterocycles. The molecule has 0 saturated heterocycles. The molecular weight excluding hydrogens is 408 g/mol. The Morgan fingerprint density at radius 2 is 2.03 bits per heavy atom. The van der Waals surface area contributed by atoms with Crippen molar-refractivity contribution in [3.8, 4) is 5.75 Å². The van der Waals surface area contributed by atoms with E-state index in [-0.39, 0.29) is 11.3 Å². The predicted molar refractivity (Wildman–Crippen MR) is 111 cm³/mol. The minimum absolute atomic E-state index is 0.00971. The van der Waals surface area contributed by atoms with Crippen molar-refractivity contribution in [1.82, 2.24) is 4.72 Å². The number of carbonyl (C=O) groups is 2. The first-order chi connectivity index (χ1) is 14.4. The minimum atomic E-state index is -3.79. The van der Waals surface area contributed by atoms with Crippen LogP contribution in [0.15, 0.2) is 58.4 Å². The first kappa shape index (κ1) is 19.9. The van der Waals surface area contributed by atoms with E-state index in [0.29, 0.717) is 35.9 Å². The smallest absolute Gasteiger partial charge is 0.266 e.